The first-order valence-electron chi connectivity index (χ1n) is 10.8. The number of benzene rings is 1. The lowest BCUT2D eigenvalue weighted by Gasteiger charge is -2.40. The van der Waals surface area contributed by atoms with Crippen LogP contribution < -0.4 is 10.5 Å². The van der Waals surface area contributed by atoms with Crippen LogP contribution >= 0.6 is 0 Å². The third-order valence-corrected chi connectivity index (χ3v) is 6.26. The topological polar surface area (TPSA) is 66.9 Å². The fraction of sp³-hybridized carbons (Fsp3) is 0.375. The first-order chi connectivity index (χ1) is 14.9. The van der Waals surface area contributed by atoms with Crippen LogP contribution in [0.1, 0.15) is 25.2 Å². The van der Waals surface area contributed by atoms with Gasteiger partial charge in [0.25, 0.3) is 0 Å². The molecule has 1 aromatic carbocycles. The zero-order valence-corrected chi connectivity index (χ0v) is 18.4. The Morgan fingerprint density at radius 3 is 2.74 bits per heavy atom. The molecular formula is C24H27N5O2. The normalized spacial score (nSPS) is 17.7. The molecule has 5 rings (SSSR count). The number of aromatic nitrogens is 3. The fourth-order valence-corrected chi connectivity index (χ4v) is 4.61. The van der Waals surface area contributed by atoms with Gasteiger partial charge < -0.3 is 13.7 Å². The van der Waals surface area contributed by atoms with Gasteiger partial charge in [0.2, 0.25) is 0 Å². The molecule has 1 aliphatic rings. The van der Waals surface area contributed by atoms with E-state index in [0.29, 0.717) is 22.9 Å². The van der Waals surface area contributed by atoms with Crippen molar-refractivity contribution in [2.75, 3.05) is 31.1 Å². The summed E-state index contributed by atoms with van der Waals surface area (Å²) in [5.41, 5.74) is 4.87. The Morgan fingerprint density at radius 2 is 1.97 bits per heavy atom. The van der Waals surface area contributed by atoms with Crippen LogP contribution in [0.25, 0.3) is 27.9 Å². The molecule has 0 bridgehead atoms. The molecule has 1 saturated heterocycles. The number of fused-ring (bicyclic) bond motifs is 2. The number of aryl methyl sites for hydroxylation is 2. The first-order valence-corrected chi connectivity index (χ1v) is 10.8. The number of piperazine rings is 1. The van der Waals surface area contributed by atoms with E-state index >= 15 is 0 Å². The van der Waals surface area contributed by atoms with E-state index in [1.807, 2.05) is 48.8 Å². The first kappa shape index (κ1) is 19.8. The highest BCUT2D eigenvalue weighted by Crippen LogP contribution is 2.27. The van der Waals surface area contributed by atoms with Gasteiger partial charge in [-0.2, -0.15) is 0 Å². The summed E-state index contributed by atoms with van der Waals surface area (Å²) in [6.07, 6.45) is 3.77. The van der Waals surface area contributed by atoms with Gasteiger partial charge >= 0.3 is 5.63 Å². The summed E-state index contributed by atoms with van der Waals surface area (Å²) in [6, 6.07) is 8.50. The van der Waals surface area contributed by atoms with Gasteiger partial charge in [-0.25, -0.2) is 9.78 Å². The Morgan fingerprint density at radius 1 is 1.13 bits per heavy atom. The molecule has 0 spiro atoms. The van der Waals surface area contributed by atoms with Crippen LogP contribution in [0.5, 0.6) is 0 Å². The van der Waals surface area contributed by atoms with Crippen LogP contribution in [0.15, 0.2) is 45.9 Å². The molecule has 1 fully saturated rings. The van der Waals surface area contributed by atoms with Gasteiger partial charge in [-0.1, -0.05) is 6.92 Å². The van der Waals surface area contributed by atoms with E-state index in [0.717, 1.165) is 54.3 Å². The van der Waals surface area contributed by atoms with Gasteiger partial charge in [-0.3, -0.25) is 9.88 Å². The highest BCUT2D eigenvalue weighted by atomic mass is 16.4. The summed E-state index contributed by atoms with van der Waals surface area (Å²) in [7, 11) is 0. The predicted octanol–water partition coefficient (Wildman–Crippen LogP) is 3.65. The van der Waals surface area contributed by atoms with Crippen molar-refractivity contribution in [2.45, 2.75) is 33.7 Å². The fourth-order valence-electron chi connectivity index (χ4n) is 4.61. The quantitative estimate of drug-likeness (QED) is 0.474. The van der Waals surface area contributed by atoms with E-state index < -0.39 is 0 Å². The van der Waals surface area contributed by atoms with Crippen molar-refractivity contribution in [3.05, 3.63) is 58.5 Å². The molecule has 0 aliphatic carbocycles. The number of hydrogen-bond acceptors (Lipinski definition) is 6. The van der Waals surface area contributed by atoms with Crippen molar-refractivity contribution < 1.29 is 4.42 Å². The van der Waals surface area contributed by atoms with Crippen LogP contribution in [0.4, 0.5) is 5.69 Å². The third-order valence-electron chi connectivity index (χ3n) is 6.26. The number of imidazole rings is 1. The lowest BCUT2D eigenvalue weighted by Crippen LogP contribution is -2.51. The minimum atomic E-state index is -0.375. The Hall–Kier alpha value is -3.19. The molecule has 31 heavy (non-hydrogen) atoms. The van der Waals surface area contributed by atoms with Crippen molar-refractivity contribution >= 4 is 22.3 Å². The molecule has 1 aliphatic heterocycles. The maximum atomic E-state index is 12.8. The predicted molar refractivity (Wildman–Crippen MR) is 123 cm³/mol. The molecule has 0 N–H and O–H groups in total. The van der Waals surface area contributed by atoms with Crippen LogP contribution in [-0.2, 0) is 0 Å². The van der Waals surface area contributed by atoms with Crippen LogP contribution in [0, 0.1) is 13.8 Å². The molecule has 7 heteroatoms. The maximum absolute atomic E-state index is 12.8. The number of nitrogens with zero attached hydrogens (tertiary/aromatic N) is 5. The Bertz CT molecular complexity index is 1340. The number of rotatable bonds is 3. The second kappa shape index (κ2) is 7.50. The van der Waals surface area contributed by atoms with E-state index in [1.165, 1.54) is 0 Å². The molecule has 160 valence electrons. The number of likely N-dealkylation sites (N-methyl/N-ethyl adjacent to an activating group) is 1. The summed E-state index contributed by atoms with van der Waals surface area (Å²) in [5.74, 6) is 0. The molecule has 3 aromatic heterocycles. The summed E-state index contributed by atoms with van der Waals surface area (Å²) < 4.78 is 7.65. The minimum Gasteiger partial charge on any atom is -0.422 e. The van der Waals surface area contributed by atoms with E-state index in [1.54, 1.807) is 0 Å². The second-order valence-electron chi connectivity index (χ2n) is 8.42. The minimum absolute atomic E-state index is 0.375. The van der Waals surface area contributed by atoms with Gasteiger partial charge in [0.15, 0.2) is 5.65 Å². The van der Waals surface area contributed by atoms with Gasteiger partial charge in [0, 0.05) is 55.2 Å². The Balaban J connectivity index is 1.51. The van der Waals surface area contributed by atoms with Crippen molar-refractivity contribution in [3.63, 3.8) is 0 Å². The van der Waals surface area contributed by atoms with Crippen molar-refractivity contribution in [3.8, 4) is 11.3 Å². The lowest BCUT2D eigenvalue weighted by molar-refractivity contribution is 0.199. The summed E-state index contributed by atoms with van der Waals surface area (Å²) in [6.45, 7) is 12.4. The van der Waals surface area contributed by atoms with Crippen molar-refractivity contribution in [1.29, 1.82) is 0 Å². The molecule has 7 nitrogen and oxygen atoms in total. The van der Waals surface area contributed by atoms with Gasteiger partial charge in [0.05, 0.1) is 22.6 Å². The zero-order valence-electron chi connectivity index (χ0n) is 18.4. The van der Waals surface area contributed by atoms with E-state index in [9.17, 15) is 4.79 Å². The highest BCUT2D eigenvalue weighted by molar-refractivity contribution is 5.84. The largest absolute Gasteiger partial charge is 0.422 e. The van der Waals surface area contributed by atoms with Crippen molar-refractivity contribution in [2.24, 2.45) is 0 Å². The van der Waals surface area contributed by atoms with Crippen LogP contribution in [0.3, 0.4) is 0 Å². The van der Waals surface area contributed by atoms with Gasteiger partial charge in [-0.05, 0) is 45.5 Å². The molecule has 0 amide bonds. The third kappa shape index (κ3) is 3.49. The lowest BCUT2D eigenvalue weighted by atomic mass is 10.1. The molecule has 0 unspecified atom stereocenters. The van der Waals surface area contributed by atoms with Crippen LogP contribution in [-0.4, -0.2) is 51.5 Å². The monoisotopic (exact) mass is 417 g/mol. The summed E-state index contributed by atoms with van der Waals surface area (Å²) in [5, 5.41) is 0.890. The number of hydrogen-bond donors (Lipinski definition) is 0. The Labute approximate surface area is 180 Å². The number of anilines is 1. The zero-order chi connectivity index (χ0) is 21.7. The highest BCUT2D eigenvalue weighted by Gasteiger charge is 2.23. The van der Waals surface area contributed by atoms with Crippen LogP contribution in [0.2, 0.25) is 0 Å². The van der Waals surface area contributed by atoms with E-state index in [4.69, 9.17) is 4.42 Å². The second-order valence-corrected chi connectivity index (χ2v) is 8.42. The SMILES string of the molecule is CCN1CCN(c2ccc3cc(-c4cn5cc(C)nc(C)c5n4)c(=O)oc3c2)C[C@@H]1C. The molecular weight excluding hydrogens is 390 g/mol. The molecule has 4 aromatic rings. The molecule has 1 atom stereocenters. The van der Waals surface area contributed by atoms with E-state index in [2.05, 4.69) is 39.7 Å². The average Bonchev–Trinajstić information content (AvgIpc) is 3.17. The average molecular weight is 418 g/mol. The summed E-state index contributed by atoms with van der Waals surface area (Å²) >= 11 is 0. The Kier molecular flexibility index (Phi) is 4.78. The van der Waals surface area contributed by atoms with Gasteiger partial charge in [0.1, 0.15) is 5.58 Å². The maximum Gasteiger partial charge on any atom is 0.345 e. The summed E-state index contributed by atoms with van der Waals surface area (Å²) in [4.78, 5) is 26.8. The van der Waals surface area contributed by atoms with Gasteiger partial charge in [-0.15, -0.1) is 0 Å². The van der Waals surface area contributed by atoms with E-state index in [-0.39, 0.29) is 5.63 Å². The molecule has 4 heterocycles. The molecule has 0 radical (unpaired) electrons. The smallest absolute Gasteiger partial charge is 0.345 e. The molecule has 0 saturated carbocycles. The van der Waals surface area contributed by atoms with Crippen molar-refractivity contribution in [1.82, 2.24) is 19.3 Å². The standard InChI is InChI=1S/C24H27N5O2/c1-5-27-8-9-28(13-16(27)3)19-7-6-18-10-20(24(30)31-22(18)11-19)21-14-29-12-15(2)25-17(4)23(29)26-21/h6-7,10-12,14,16H,5,8-9,13H2,1-4H3/t16-/m0/s1.